The van der Waals surface area contributed by atoms with E-state index in [0.29, 0.717) is 31.2 Å². The molecule has 2 aromatic carbocycles. The van der Waals surface area contributed by atoms with Crippen molar-refractivity contribution in [3.05, 3.63) is 57.8 Å². The molecule has 0 aliphatic heterocycles. The SMILES string of the molecule is COc1cc(CNCCNC[C@@H](C)O)cc(Br)c1OCc1ccc(F)cc1. The Morgan fingerprint density at radius 3 is 2.48 bits per heavy atom. The molecule has 3 N–H and O–H groups in total. The van der Waals surface area contributed by atoms with Crippen molar-refractivity contribution in [3.8, 4) is 11.5 Å². The summed E-state index contributed by atoms with van der Waals surface area (Å²) in [6.07, 6.45) is -0.340. The fourth-order valence-corrected chi connectivity index (χ4v) is 3.08. The van der Waals surface area contributed by atoms with E-state index in [-0.39, 0.29) is 11.9 Å². The highest BCUT2D eigenvalue weighted by Gasteiger charge is 2.12. The Hall–Kier alpha value is -1.67. The number of nitrogens with one attached hydrogen (secondary N) is 2. The smallest absolute Gasteiger partial charge is 0.175 e. The molecule has 0 radical (unpaired) electrons. The van der Waals surface area contributed by atoms with Gasteiger partial charge in [-0.1, -0.05) is 12.1 Å². The van der Waals surface area contributed by atoms with Gasteiger partial charge in [0.1, 0.15) is 12.4 Å². The zero-order valence-corrected chi connectivity index (χ0v) is 17.2. The molecule has 0 spiro atoms. The highest BCUT2D eigenvalue weighted by molar-refractivity contribution is 9.10. The second kappa shape index (κ2) is 11.2. The van der Waals surface area contributed by atoms with Crippen LogP contribution in [0.25, 0.3) is 0 Å². The van der Waals surface area contributed by atoms with Crippen LogP contribution in [-0.2, 0) is 13.2 Å². The van der Waals surface area contributed by atoms with Crippen molar-refractivity contribution < 1.29 is 19.0 Å². The quantitative estimate of drug-likeness (QED) is 0.468. The fraction of sp³-hybridized carbons (Fsp3) is 0.400. The minimum Gasteiger partial charge on any atom is -0.493 e. The second-order valence-corrected chi connectivity index (χ2v) is 7.11. The summed E-state index contributed by atoms with van der Waals surface area (Å²) >= 11 is 3.54. The molecule has 0 fully saturated rings. The maximum atomic E-state index is 13.0. The first-order valence-electron chi connectivity index (χ1n) is 8.82. The zero-order valence-electron chi connectivity index (χ0n) is 15.6. The first-order valence-corrected chi connectivity index (χ1v) is 9.62. The summed E-state index contributed by atoms with van der Waals surface area (Å²) in [6, 6.07) is 10.1. The molecule has 0 aliphatic rings. The van der Waals surface area contributed by atoms with Crippen LogP contribution in [0.15, 0.2) is 40.9 Å². The second-order valence-electron chi connectivity index (χ2n) is 6.25. The highest BCUT2D eigenvalue weighted by atomic mass is 79.9. The first-order chi connectivity index (χ1) is 13.0. The molecule has 0 aromatic heterocycles. The van der Waals surface area contributed by atoms with E-state index in [9.17, 15) is 9.50 Å². The van der Waals surface area contributed by atoms with Crippen LogP contribution in [0.5, 0.6) is 11.5 Å². The third kappa shape index (κ3) is 7.46. The number of ether oxygens (including phenoxy) is 2. The van der Waals surface area contributed by atoms with Crippen molar-refractivity contribution in [1.29, 1.82) is 0 Å². The van der Waals surface area contributed by atoms with E-state index in [4.69, 9.17) is 9.47 Å². The van der Waals surface area contributed by atoms with Gasteiger partial charge < -0.3 is 25.2 Å². The lowest BCUT2D eigenvalue weighted by Crippen LogP contribution is -2.31. The standard InChI is InChI=1S/C20H26BrFN2O3/c1-14(25)11-23-7-8-24-12-16-9-18(21)20(19(10-16)26-2)27-13-15-3-5-17(22)6-4-15/h3-6,9-10,14,23-25H,7-8,11-13H2,1-2H3/t14-/m1/s1. The monoisotopic (exact) mass is 440 g/mol. The third-order valence-electron chi connectivity index (χ3n) is 3.83. The van der Waals surface area contributed by atoms with Crippen LogP contribution in [0.3, 0.4) is 0 Å². The van der Waals surface area contributed by atoms with Crippen LogP contribution < -0.4 is 20.1 Å². The van der Waals surface area contributed by atoms with Gasteiger partial charge >= 0.3 is 0 Å². The predicted molar refractivity (Wildman–Crippen MR) is 108 cm³/mol. The fourth-order valence-electron chi connectivity index (χ4n) is 2.47. The van der Waals surface area contributed by atoms with E-state index in [2.05, 4.69) is 26.6 Å². The van der Waals surface area contributed by atoms with Gasteiger partial charge in [0.05, 0.1) is 17.7 Å². The zero-order chi connectivity index (χ0) is 19.6. The molecule has 0 unspecified atom stereocenters. The summed E-state index contributed by atoms with van der Waals surface area (Å²) in [6.45, 7) is 4.91. The van der Waals surface area contributed by atoms with Gasteiger partial charge in [0.15, 0.2) is 11.5 Å². The predicted octanol–water partition coefficient (Wildman–Crippen LogP) is 3.24. The summed E-state index contributed by atoms with van der Waals surface area (Å²) in [4.78, 5) is 0. The number of hydrogen-bond donors (Lipinski definition) is 3. The lowest BCUT2D eigenvalue weighted by Gasteiger charge is -2.15. The van der Waals surface area contributed by atoms with Crippen molar-refractivity contribution >= 4 is 15.9 Å². The molecule has 1 atom stereocenters. The summed E-state index contributed by atoms with van der Waals surface area (Å²) in [5, 5.41) is 15.7. The lowest BCUT2D eigenvalue weighted by atomic mass is 10.2. The normalized spacial score (nSPS) is 12.0. The Balaban J connectivity index is 1.90. The van der Waals surface area contributed by atoms with E-state index < -0.39 is 0 Å². The van der Waals surface area contributed by atoms with Crippen LogP contribution in [-0.4, -0.2) is 38.0 Å². The summed E-state index contributed by atoms with van der Waals surface area (Å²) in [7, 11) is 1.60. The molecule has 148 valence electrons. The van der Waals surface area contributed by atoms with Crippen LogP contribution in [0, 0.1) is 5.82 Å². The van der Waals surface area contributed by atoms with E-state index in [1.807, 2.05) is 12.1 Å². The van der Waals surface area contributed by atoms with Gasteiger partial charge in [0.2, 0.25) is 0 Å². The van der Waals surface area contributed by atoms with Gasteiger partial charge in [0.25, 0.3) is 0 Å². The van der Waals surface area contributed by atoms with Crippen molar-refractivity contribution in [2.75, 3.05) is 26.7 Å². The van der Waals surface area contributed by atoms with Gasteiger partial charge in [-0.3, -0.25) is 0 Å². The van der Waals surface area contributed by atoms with E-state index in [0.717, 1.165) is 28.7 Å². The Morgan fingerprint density at radius 1 is 1.11 bits per heavy atom. The Kier molecular flexibility index (Phi) is 9.00. The van der Waals surface area contributed by atoms with Crippen LogP contribution in [0.2, 0.25) is 0 Å². The maximum Gasteiger partial charge on any atom is 0.175 e. The molecule has 0 heterocycles. The van der Waals surface area contributed by atoms with Crippen molar-refractivity contribution in [2.45, 2.75) is 26.2 Å². The van der Waals surface area contributed by atoms with Crippen LogP contribution in [0.4, 0.5) is 4.39 Å². The van der Waals surface area contributed by atoms with E-state index >= 15 is 0 Å². The molecule has 0 saturated carbocycles. The number of benzene rings is 2. The van der Waals surface area contributed by atoms with E-state index in [1.165, 1.54) is 12.1 Å². The Morgan fingerprint density at radius 2 is 1.81 bits per heavy atom. The molecule has 2 rings (SSSR count). The van der Waals surface area contributed by atoms with Gasteiger partial charge in [-0.25, -0.2) is 4.39 Å². The number of aliphatic hydroxyl groups excluding tert-OH is 1. The minimum absolute atomic E-state index is 0.268. The third-order valence-corrected chi connectivity index (χ3v) is 4.42. The molecule has 7 heteroatoms. The van der Waals surface area contributed by atoms with Crippen molar-refractivity contribution in [1.82, 2.24) is 10.6 Å². The molecule has 0 amide bonds. The summed E-state index contributed by atoms with van der Waals surface area (Å²) in [5.41, 5.74) is 1.93. The molecule has 0 bridgehead atoms. The van der Waals surface area contributed by atoms with Gasteiger partial charge in [-0.2, -0.15) is 0 Å². The van der Waals surface area contributed by atoms with Crippen molar-refractivity contribution in [2.24, 2.45) is 0 Å². The van der Waals surface area contributed by atoms with Crippen molar-refractivity contribution in [3.63, 3.8) is 0 Å². The van der Waals surface area contributed by atoms with Gasteiger partial charge in [-0.05, 0) is 58.2 Å². The molecule has 5 nitrogen and oxygen atoms in total. The summed E-state index contributed by atoms with van der Waals surface area (Å²) < 4.78 is 25.1. The number of aliphatic hydroxyl groups is 1. The van der Waals surface area contributed by atoms with E-state index in [1.54, 1.807) is 26.2 Å². The number of hydrogen-bond acceptors (Lipinski definition) is 5. The van der Waals surface area contributed by atoms with Crippen LogP contribution in [0.1, 0.15) is 18.1 Å². The first kappa shape index (κ1) is 21.6. The average Bonchev–Trinajstić information content (AvgIpc) is 2.64. The molecular formula is C20H26BrFN2O3. The molecule has 2 aromatic rings. The summed E-state index contributed by atoms with van der Waals surface area (Å²) in [5.74, 6) is 0.982. The Labute approximate surface area is 168 Å². The van der Waals surface area contributed by atoms with Gasteiger partial charge in [0, 0.05) is 26.2 Å². The van der Waals surface area contributed by atoms with Crippen LogP contribution >= 0.6 is 15.9 Å². The largest absolute Gasteiger partial charge is 0.493 e. The molecular weight excluding hydrogens is 415 g/mol. The number of methoxy groups -OCH3 is 1. The number of halogens is 2. The molecule has 27 heavy (non-hydrogen) atoms. The average molecular weight is 441 g/mol. The van der Waals surface area contributed by atoms with Gasteiger partial charge in [-0.15, -0.1) is 0 Å². The molecule has 0 aliphatic carbocycles. The minimum atomic E-state index is -0.340. The lowest BCUT2D eigenvalue weighted by molar-refractivity contribution is 0.191. The topological polar surface area (TPSA) is 62.8 Å². The maximum absolute atomic E-state index is 13.0. The highest BCUT2D eigenvalue weighted by Crippen LogP contribution is 2.37. The molecule has 0 saturated heterocycles. The number of rotatable bonds is 11. The Bertz CT molecular complexity index is 711.